The van der Waals surface area contributed by atoms with Crippen LogP contribution in [-0.2, 0) is 9.47 Å². The van der Waals surface area contributed by atoms with Crippen molar-refractivity contribution in [2.75, 3.05) is 6.61 Å². The SMILES string of the molecule is C=CC[C@@H]1C[C@]2(O)CCO[C@@]23C[C@H]2O[C@H]2C[C@H]13. The Morgan fingerprint density at radius 2 is 2.24 bits per heavy atom. The average molecular weight is 236 g/mol. The summed E-state index contributed by atoms with van der Waals surface area (Å²) < 4.78 is 11.8. The van der Waals surface area contributed by atoms with Gasteiger partial charge in [-0.3, -0.25) is 0 Å². The van der Waals surface area contributed by atoms with Crippen molar-refractivity contribution in [3.05, 3.63) is 12.7 Å². The van der Waals surface area contributed by atoms with E-state index in [0.29, 0.717) is 30.7 Å². The van der Waals surface area contributed by atoms with Gasteiger partial charge in [0.05, 0.1) is 24.4 Å². The second-order valence-corrected chi connectivity index (χ2v) is 6.27. The van der Waals surface area contributed by atoms with Crippen molar-refractivity contribution in [1.82, 2.24) is 0 Å². The standard InChI is InChI=1S/C14H20O3/c1-2-3-9-7-13(15)4-5-16-14(13)8-12-11(17-12)6-10(9)14/h2,9-12,15H,1,3-8H2/t9-,10-,11+,12-,13-,14-/m1/s1. The Hall–Kier alpha value is -0.380. The molecule has 0 aromatic heterocycles. The number of hydrogen-bond donors (Lipinski definition) is 1. The normalized spacial score (nSPS) is 59.4. The summed E-state index contributed by atoms with van der Waals surface area (Å²) in [5.41, 5.74) is -0.888. The van der Waals surface area contributed by atoms with E-state index in [1.54, 1.807) is 0 Å². The highest BCUT2D eigenvalue weighted by molar-refractivity contribution is 5.22. The molecular formula is C14H20O3. The van der Waals surface area contributed by atoms with Gasteiger partial charge < -0.3 is 14.6 Å². The van der Waals surface area contributed by atoms with Crippen LogP contribution in [0.1, 0.15) is 32.1 Å². The van der Waals surface area contributed by atoms with Crippen LogP contribution in [0.5, 0.6) is 0 Å². The second-order valence-electron chi connectivity index (χ2n) is 6.27. The van der Waals surface area contributed by atoms with Gasteiger partial charge in [0.25, 0.3) is 0 Å². The van der Waals surface area contributed by atoms with E-state index in [-0.39, 0.29) is 5.60 Å². The van der Waals surface area contributed by atoms with E-state index in [0.717, 1.165) is 32.1 Å². The summed E-state index contributed by atoms with van der Waals surface area (Å²) in [7, 11) is 0. The highest BCUT2D eigenvalue weighted by Gasteiger charge is 2.71. The minimum absolute atomic E-state index is 0.293. The maximum Gasteiger partial charge on any atom is 0.103 e. The van der Waals surface area contributed by atoms with Crippen molar-refractivity contribution >= 4 is 0 Å². The molecule has 0 unspecified atom stereocenters. The summed E-state index contributed by atoms with van der Waals surface area (Å²) in [5, 5.41) is 10.9. The number of allylic oxidation sites excluding steroid dienone is 1. The third kappa shape index (κ3) is 1.18. The minimum atomic E-state index is -0.595. The lowest BCUT2D eigenvalue weighted by atomic mass is 9.70. The van der Waals surface area contributed by atoms with Gasteiger partial charge in [-0.1, -0.05) is 6.08 Å². The van der Waals surface area contributed by atoms with Crippen LogP contribution in [0.15, 0.2) is 12.7 Å². The van der Waals surface area contributed by atoms with Crippen LogP contribution in [0.25, 0.3) is 0 Å². The Morgan fingerprint density at radius 3 is 3.06 bits per heavy atom. The Bertz CT molecular complexity index is 368. The largest absolute Gasteiger partial charge is 0.387 e. The first-order valence-corrected chi connectivity index (χ1v) is 6.81. The zero-order chi connectivity index (χ0) is 11.7. The summed E-state index contributed by atoms with van der Waals surface area (Å²) in [6.45, 7) is 4.57. The highest BCUT2D eigenvalue weighted by atomic mass is 16.6. The van der Waals surface area contributed by atoms with Crippen LogP contribution in [-0.4, -0.2) is 35.1 Å². The van der Waals surface area contributed by atoms with E-state index < -0.39 is 5.60 Å². The fourth-order valence-electron chi connectivity index (χ4n) is 4.79. The molecule has 2 saturated heterocycles. The fraction of sp³-hybridized carbons (Fsp3) is 0.857. The Balaban J connectivity index is 1.73. The molecule has 2 aliphatic carbocycles. The smallest absolute Gasteiger partial charge is 0.103 e. The molecule has 0 radical (unpaired) electrons. The average Bonchev–Trinajstić information content (AvgIpc) is 2.90. The molecule has 4 aliphatic rings. The maximum absolute atomic E-state index is 10.9. The number of epoxide rings is 1. The van der Waals surface area contributed by atoms with E-state index in [2.05, 4.69) is 6.58 Å². The van der Waals surface area contributed by atoms with Gasteiger partial charge in [-0.2, -0.15) is 0 Å². The van der Waals surface area contributed by atoms with Crippen LogP contribution in [0.4, 0.5) is 0 Å². The molecule has 0 amide bonds. The van der Waals surface area contributed by atoms with Crippen LogP contribution >= 0.6 is 0 Å². The van der Waals surface area contributed by atoms with Gasteiger partial charge in [0.2, 0.25) is 0 Å². The molecular weight excluding hydrogens is 216 g/mol. The molecule has 3 nitrogen and oxygen atoms in total. The molecule has 1 spiro atoms. The van der Waals surface area contributed by atoms with E-state index in [1.165, 1.54) is 0 Å². The van der Waals surface area contributed by atoms with Gasteiger partial charge in [-0.15, -0.1) is 6.58 Å². The summed E-state index contributed by atoms with van der Waals surface area (Å²) >= 11 is 0. The lowest BCUT2D eigenvalue weighted by Crippen LogP contribution is -2.53. The van der Waals surface area contributed by atoms with Crippen molar-refractivity contribution in [2.45, 2.75) is 55.5 Å². The zero-order valence-corrected chi connectivity index (χ0v) is 10.1. The van der Waals surface area contributed by atoms with Gasteiger partial charge in [-0.05, 0) is 31.1 Å². The summed E-state index contributed by atoms with van der Waals surface area (Å²) in [4.78, 5) is 0. The highest BCUT2D eigenvalue weighted by Crippen LogP contribution is 2.64. The second kappa shape index (κ2) is 3.14. The molecule has 6 atom stereocenters. The molecule has 2 aliphatic heterocycles. The van der Waals surface area contributed by atoms with E-state index in [4.69, 9.17) is 9.47 Å². The first kappa shape index (κ1) is 10.5. The van der Waals surface area contributed by atoms with Crippen molar-refractivity contribution in [2.24, 2.45) is 11.8 Å². The molecule has 0 aromatic rings. The quantitative estimate of drug-likeness (QED) is 0.585. The Morgan fingerprint density at radius 1 is 1.35 bits per heavy atom. The number of aliphatic hydroxyl groups is 1. The first-order valence-electron chi connectivity index (χ1n) is 6.81. The third-order valence-electron chi connectivity index (χ3n) is 5.58. The van der Waals surface area contributed by atoms with Crippen molar-refractivity contribution in [3.63, 3.8) is 0 Å². The zero-order valence-electron chi connectivity index (χ0n) is 10.1. The molecule has 0 bridgehead atoms. The van der Waals surface area contributed by atoms with Gasteiger partial charge in [-0.25, -0.2) is 0 Å². The minimum Gasteiger partial charge on any atom is -0.387 e. The molecule has 0 aromatic carbocycles. The van der Waals surface area contributed by atoms with E-state index in [9.17, 15) is 5.11 Å². The van der Waals surface area contributed by atoms with E-state index >= 15 is 0 Å². The number of hydrogen-bond acceptors (Lipinski definition) is 3. The predicted molar refractivity (Wildman–Crippen MR) is 62.6 cm³/mol. The number of fused-ring (bicyclic) bond motifs is 1. The first-order chi connectivity index (χ1) is 8.18. The topological polar surface area (TPSA) is 42.0 Å². The van der Waals surface area contributed by atoms with E-state index in [1.807, 2.05) is 6.08 Å². The molecule has 94 valence electrons. The molecule has 2 saturated carbocycles. The third-order valence-corrected chi connectivity index (χ3v) is 5.58. The summed E-state index contributed by atoms with van der Waals surface area (Å²) in [6.07, 6.45) is 7.47. The molecule has 4 rings (SSSR count). The van der Waals surface area contributed by atoms with Gasteiger partial charge in [0.1, 0.15) is 5.60 Å². The van der Waals surface area contributed by atoms with Gasteiger partial charge in [0.15, 0.2) is 0 Å². The molecule has 4 fully saturated rings. The number of rotatable bonds is 2. The fourth-order valence-corrected chi connectivity index (χ4v) is 4.79. The lowest BCUT2D eigenvalue weighted by molar-refractivity contribution is -0.135. The van der Waals surface area contributed by atoms with Gasteiger partial charge in [0, 0.05) is 12.8 Å². The molecule has 2 heterocycles. The van der Waals surface area contributed by atoms with Crippen LogP contribution in [0.3, 0.4) is 0 Å². The van der Waals surface area contributed by atoms with Crippen LogP contribution in [0.2, 0.25) is 0 Å². The monoisotopic (exact) mass is 236 g/mol. The maximum atomic E-state index is 10.9. The number of ether oxygens (including phenoxy) is 2. The summed E-state index contributed by atoms with van der Waals surface area (Å²) in [5.74, 6) is 1.000. The van der Waals surface area contributed by atoms with Crippen molar-refractivity contribution < 1.29 is 14.6 Å². The predicted octanol–water partition coefficient (Wildman–Crippen LogP) is 1.65. The molecule has 1 N–H and O–H groups in total. The molecule has 17 heavy (non-hydrogen) atoms. The van der Waals surface area contributed by atoms with Crippen LogP contribution in [0, 0.1) is 11.8 Å². The Labute approximate surface area is 102 Å². The Kier molecular flexibility index (Phi) is 1.94. The molecule has 3 heteroatoms. The van der Waals surface area contributed by atoms with Gasteiger partial charge >= 0.3 is 0 Å². The lowest BCUT2D eigenvalue weighted by Gasteiger charge is -2.41. The summed E-state index contributed by atoms with van der Waals surface area (Å²) in [6, 6.07) is 0. The van der Waals surface area contributed by atoms with Crippen molar-refractivity contribution in [3.8, 4) is 0 Å². The van der Waals surface area contributed by atoms with Crippen LogP contribution < -0.4 is 0 Å². The van der Waals surface area contributed by atoms with Crippen molar-refractivity contribution in [1.29, 1.82) is 0 Å².